The third-order valence-corrected chi connectivity index (χ3v) is 3.72. The first-order chi connectivity index (χ1) is 10.2. The summed E-state index contributed by atoms with van der Waals surface area (Å²) in [5.41, 5.74) is 2.79. The van der Waals surface area contributed by atoms with Crippen molar-refractivity contribution in [3.05, 3.63) is 35.5 Å². The van der Waals surface area contributed by atoms with E-state index in [0.29, 0.717) is 0 Å². The van der Waals surface area contributed by atoms with Gasteiger partial charge in [-0.25, -0.2) is 0 Å². The van der Waals surface area contributed by atoms with Gasteiger partial charge in [-0.2, -0.15) is 0 Å². The van der Waals surface area contributed by atoms with Crippen molar-refractivity contribution in [1.29, 1.82) is 0 Å². The van der Waals surface area contributed by atoms with E-state index in [0.717, 1.165) is 47.3 Å². The standard InChI is InChI=1S/C18H23NO2/c1-5-7-12-19-15(9-6-2)17(13(3)20)14-10-8-11-16(21-4)18(14)19/h6,8-11H,5,7,12H2,1-4H3/b9-6-. The minimum atomic E-state index is 0.0941. The summed E-state index contributed by atoms with van der Waals surface area (Å²) >= 11 is 0. The summed E-state index contributed by atoms with van der Waals surface area (Å²) in [4.78, 5) is 12.2. The normalized spacial score (nSPS) is 11.4. The second-order valence-corrected chi connectivity index (χ2v) is 5.18. The third-order valence-electron chi connectivity index (χ3n) is 3.72. The molecule has 0 spiro atoms. The maximum Gasteiger partial charge on any atom is 0.162 e. The van der Waals surface area contributed by atoms with Crippen LogP contribution < -0.4 is 4.74 Å². The Labute approximate surface area is 126 Å². The van der Waals surface area contributed by atoms with Gasteiger partial charge in [0.1, 0.15) is 5.75 Å². The lowest BCUT2D eigenvalue weighted by molar-refractivity contribution is 0.101. The molecule has 0 fully saturated rings. The van der Waals surface area contributed by atoms with Crippen LogP contribution in [0.5, 0.6) is 5.75 Å². The van der Waals surface area contributed by atoms with Gasteiger partial charge in [0.2, 0.25) is 0 Å². The number of carbonyl (C=O) groups is 1. The van der Waals surface area contributed by atoms with E-state index < -0.39 is 0 Å². The molecule has 0 saturated heterocycles. The molecule has 0 atom stereocenters. The molecule has 0 bridgehead atoms. The van der Waals surface area contributed by atoms with Crippen LogP contribution in [0.25, 0.3) is 17.0 Å². The van der Waals surface area contributed by atoms with Crippen LogP contribution in [-0.2, 0) is 6.54 Å². The number of Topliss-reactive ketones (excluding diaryl/α,β-unsaturated/α-hetero) is 1. The van der Waals surface area contributed by atoms with Gasteiger partial charge in [-0.3, -0.25) is 4.79 Å². The van der Waals surface area contributed by atoms with Crippen molar-refractivity contribution in [1.82, 2.24) is 4.57 Å². The number of aryl methyl sites for hydroxylation is 1. The van der Waals surface area contributed by atoms with Gasteiger partial charge in [0.05, 0.1) is 23.9 Å². The van der Waals surface area contributed by atoms with E-state index in [4.69, 9.17) is 4.74 Å². The minimum absolute atomic E-state index is 0.0941. The van der Waals surface area contributed by atoms with Gasteiger partial charge < -0.3 is 9.30 Å². The van der Waals surface area contributed by atoms with Gasteiger partial charge >= 0.3 is 0 Å². The molecule has 0 aliphatic heterocycles. The Kier molecular flexibility index (Phi) is 4.84. The van der Waals surface area contributed by atoms with Crippen LogP contribution in [-0.4, -0.2) is 17.5 Å². The summed E-state index contributed by atoms with van der Waals surface area (Å²) in [6.45, 7) is 6.67. The number of carbonyl (C=O) groups excluding carboxylic acids is 1. The SMILES string of the molecule is C/C=C\c1c(C(C)=O)c2cccc(OC)c2n1CCCC. The molecule has 112 valence electrons. The molecule has 3 heteroatoms. The van der Waals surface area contributed by atoms with Crippen LogP contribution in [0.3, 0.4) is 0 Å². The van der Waals surface area contributed by atoms with Crippen molar-refractivity contribution in [2.45, 2.75) is 40.2 Å². The summed E-state index contributed by atoms with van der Waals surface area (Å²) in [5.74, 6) is 0.915. The second-order valence-electron chi connectivity index (χ2n) is 5.18. The van der Waals surface area contributed by atoms with E-state index in [2.05, 4.69) is 11.5 Å². The number of nitrogens with zero attached hydrogens (tertiary/aromatic N) is 1. The van der Waals surface area contributed by atoms with Gasteiger partial charge in [0.15, 0.2) is 5.78 Å². The summed E-state index contributed by atoms with van der Waals surface area (Å²) in [7, 11) is 1.68. The summed E-state index contributed by atoms with van der Waals surface area (Å²) in [6, 6.07) is 5.90. The summed E-state index contributed by atoms with van der Waals surface area (Å²) in [6.07, 6.45) is 6.19. The number of benzene rings is 1. The smallest absolute Gasteiger partial charge is 0.162 e. The molecule has 1 aromatic carbocycles. The minimum Gasteiger partial charge on any atom is -0.495 e. The highest BCUT2D eigenvalue weighted by Gasteiger charge is 2.20. The van der Waals surface area contributed by atoms with Crippen LogP contribution >= 0.6 is 0 Å². The number of unbranched alkanes of at least 4 members (excludes halogenated alkanes) is 1. The van der Waals surface area contributed by atoms with Crippen LogP contribution in [0.2, 0.25) is 0 Å². The number of fused-ring (bicyclic) bond motifs is 1. The Balaban J connectivity index is 2.86. The molecule has 0 aliphatic carbocycles. The van der Waals surface area contributed by atoms with E-state index in [1.165, 1.54) is 0 Å². The molecule has 2 aromatic rings. The molecule has 1 aromatic heterocycles. The zero-order valence-corrected chi connectivity index (χ0v) is 13.3. The van der Waals surface area contributed by atoms with Crippen molar-refractivity contribution in [2.24, 2.45) is 0 Å². The largest absolute Gasteiger partial charge is 0.495 e. The molecule has 0 N–H and O–H groups in total. The van der Waals surface area contributed by atoms with E-state index in [9.17, 15) is 4.79 Å². The lowest BCUT2D eigenvalue weighted by atomic mass is 10.1. The Morgan fingerprint density at radius 3 is 2.71 bits per heavy atom. The van der Waals surface area contributed by atoms with E-state index >= 15 is 0 Å². The van der Waals surface area contributed by atoms with Gasteiger partial charge in [-0.05, 0) is 32.4 Å². The number of hydrogen-bond donors (Lipinski definition) is 0. The fraction of sp³-hybridized carbons (Fsp3) is 0.389. The van der Waals surface area contributed by atoms with E-state index in [1.807, 2.05) is 37.3 Å². The first-order valence-corrected chi connectivity index (χ1v) is 7.48. The average Bonchev–Trinajstić information content (AvgIpc) is 2.79. The predicted octanol–water partition coefficient (Wildman–Crippen LogP) is 4.69. The summed E-state index contributed by atoms with van der Waals surface area (Å²) < 4.78 is 7.73. The van der Waals surface area contributed by atoms with Gasteiger partial charge in [-0.15, -0.1) is 0 Å². The number of para-hydroxylation sites is 1. The number of ketones is 1. The highest BCUT2D eigenvalue weighted by atomic mass is 16.5. The zero-order chi connectivity index (χ0) is 15.4. The Morgan fingerprint density at radius 2 is 2.14 bits per heavy atom. The second kappa shape index (κ2) is 6.61. The number of hydrogen-bond acceptors (Lipinski definition) is 2. The Bertz CT molecular complexity index is 680. The van der Waals surface area contributed by atoms with Crippen molar-refractivity contribution in [3.63, 3.8) is 0 Å². The molecule has 2 rings (SSSR count). The summed E-state index contributed by atoms with van der Waals surface area (Å²) in [5, 5.41) is 0.978. The van der Waals surface area contributed by atoms with Gasteiger partial charge in [-0.1, -0.05) is 31.6 Å². The fourth-order valence-electron chi connectivity index (χ4n) is 2.81. The molecule has 0 aliphatic rings. The molecule has 0 amide bonds. The number of rotatable bonds is 6. The molecular formula is C18H23NO2. The van der Waals surface area contributed by atoms with Crippen LogP contribution in [0.4, 0.5) is 0 Å². The maximum atomic E-state index is 12.2. The number of methoxy groups -OCH3 is 1. The number of ether oxygens (including phenoxy) is 1. The van der Waals surface area contributed by atoms with E-state index in [-0.39, 0.29) is 5.78 Å². The lowest BCUT2D eigenvalue weighted by Crippen LogP contribution is -2.03. The number of aromatic nitrogens is 1. The maximum absolute atomic E-state index is 12.2. The highest BCUT2D eigenvalue weighted by molar-refractivity contribution is 6.11. The number of allylic oxidation sites excluding steroid dienone is 1. The lowest BCUT2D eigenvalue weighted by Gasteiger charge is -2.10. The van der Waals surface area contributed by atoms with Crippen molar-refractivity contribution < 1.29 is 9.53 Å². The molecule has 3 nitrogen and oxygen atoms in total. The van der Waals surface area contributed by atoms with Crippen molar-refractivity contribution in [3.8, 4) is 5.75 Å². The quantitative estimate of drug-likeness (QED) is 0.721. The Hall–Kier alpha value is -2.03. The fourth-order valence-corrected chi connectivity index (χ4v) is 2.81. The first-order valence-electron chi connectivity index (χ1n) is 7.48. The molecule has 0 unspecified atom stereocenters. The average molecular weight is 285 g/mol. The topological polar surface area (TPSA) is 31.2 Å². The molecule has 21 heavy (non-hydrogen) atoms. The van der Waals surface area contributed by atoms with Crippen LogP contribution in [0.15, 0.2) is 24.3 Å². The molecular weight excluding hydrogens is 262 g/mol. The first kappa shape index (κ1) is 15.4. The monoisotopic (exact) mass is 285 g/mol. The molecule has 0 radical (unpaired) electrons. The highest BCUT2D eigenvalue weighted by Crippen LogP contribution is 2.34. The third kappa shape index (κ3) is 2.73. The molecule has 0 saturated carbocycles. The van der Waals surface area contributed by atoms with Crippen LogP contribution in [0.1, 0.15) is 49.7 Å². The van der Waals surface area contributed by atoms with Crippen molar-refractivity contribution in [2.75, 3.05) is 7.11 Å². The van der Waals surface area contributed by atoms with Crippen molar-refractivity contribution >= 4 is 22.8 Å². The Morgan fingerprint density at radius 1 is 1.38 bits per heavy atom. The van der Waals surface area contributed by atoms with E-state index in [1.54, 1.807) is 14.0 Å². The molecule has 1 heterocycles. The van der Waals surface area contributed by atoms with Gasteiger partial charge in [0.25, 0.3) is 0 Å². The van der Waals surface area contributed by atoms with Crippen LogP contribution in [0, 0.1) is 0 Å². The predicted molar refractivity (Wildman–Crippen MR) is 88.1 cm³/mol. The zero-order valence-electron chi connectivity index (χ0n) is 13.3. The van der Waals surface area contributed by atoms with Gasteiger partial charge in [0, 0.05) is 11.9 Å².